The summed E-state index contributed by atoms with van der Waals surface area (Å²) in [6.07, 6.45) is 6.14. The zero-order valence-electron chi connectivity index (χ0n) is 13.8. The van der Waals surface area contributed by atoms with E-state index in [-0.39, 0.29) is 19.6 Å². The molecular weight excluding hydrogens is 348 g/mol. The predicted octanol–water partition coefficient (Wildman–Crippen LogP) is 2.07. The number of rotatable bonds is 8. The fraction of sp³-hybridized carbons (Fsp3) is 0.500. The first-order chi connectivity index (χ1) is 11.9. The lowest BCUT2D eigenvalue weighted by Gasteiger charge is -2.12. The molecule has 1 aliphatic rings. The van der Waals surface area contributed by atoms with Gasteiger partial charge >= 0.3 is 16.4 Å². The summed E-state index contributed by atoms with van der Waals surface area (Å²) in [5.74, 6) is -0.683. The molecule has 1 saturated carbocycles. The molecule has 8 nitrogen and oxygen atoms in total. The summed E-state index contributed by atoms with van der Waals surface area (Å²) in [4.78, 5) is 16.7. The molecule has 0 spiro atoms. The minimum atomic E-state index is -4.55. The number of imidazole rings is 1. The van der Waals surface area contributed by atoms with Gasteiger partial charge in [0.05, 0.1) is 18.9 Å². The number of nitrogens with zero attached hydrogens (tertiary/aromatic N) is 2. The monoisotopic (exact) mass is 368 g/mol. The van der Waals surface area contributed by atoms with E-state index in [2.05, 4.69) is 9.17 Å². The quantitative estimate of drug-likeness (QED) is 0.561. The molecule has 1 unspecified atom stereocenters. The maximum Gasteiger partial charge on any atom is 0.397 e. The zero-order valence-corrected chi connectivity index (χ0v) is 14.6. The molecule has 9 heteroatoms. The van der Waals surface area contributed by atoms with E-state index in [0.717, 1.165) is 0 Å². The fourth-order valence-corrected chi connectivity index (χ4v) is 3.06. The summed E-state index contributed by atoms with van der Waals surface area (Å²) in [5.41, 5.74) is 2.41. The third-order valence-electron chi connectivity index (χ3n) is 4.11. The van der Waals surface area contributed by atoms with Gasteiger partial charge in [-0.15, -0.1) is 0 Å². The highest BCUT2D eigenvalue weighted by Crippen LogP contribution is 2.40. The minimum Gasteiger partial charge on any atom is -0.465 e. The van der Waals surface area contributed by atoms with Crippen molar-refractivity contribution in [2.45, 2.75) is 38.0 Å². The minimum absolute atomic E-state index is 0.0258. The summed E-state index contributed by atoms with van der Waals surface area (Å²) in [6.45, 7) is 1.55. The summed E-state index contributed by atoms with van der Waals surface area (Å²) in [6, 6.07) is 3.93. The molecule has 0 radical (unpaired) electrons. The molecule has 0 bridgehead atoms. The summed E-state index contributed by atoms with van der Waals surface area (Å²) in [7, 11) is -4.55. The Morgan fingerprint density at radius 2 is 2.16 bits per heavy atom. The van der Waals surface area contributed by atoms with Crippen molar-refractivity contribution in [2.24, 2.45) is 0 Å². The van der Waals surface area contributed by atoms with Crippen LogP contribution in [-0.4, -0.2) is 41.5 Å². The lowest BCUT2D eigenvalue weighted by molar-refractivity contribution is -0.145. The number of carbonyl (C=O) groups excluding carboxylic acids is 1. The third kappa shape index (κ3) is 4.56. The Hall–Kier alpha value is -1.97. The number of aromatic nitrogens is 2. The normalized spacial score (nSPS) is 16.1. The van der Waals surface area contributed by atoms with Crippen molar-refractivity contribution in [1.29, 1.82) is 0 Å². The molecule has 25 heavy (non-hydrogen) atoms. The summed E-state index contributed by atoms with van der Waals surface area (Å²) < 4.78 is 41.3. The van der Waals surface area contributed by atoms with Crippen molar-refractivity contribution in [3.05, 3.63) is 35.8 Å². The van der Waals surface area contributed by atoms with Crippen LogP contribution < -0.4 is 0 Å². The van der Waals surface area contributed by atoms with Crippen LogP contribution in [0, 0.1) is 0 Å². The first-order valence-corrected chi connectivity index (χ1v) is 9.51. The molecule has 1 atom stereocenters. The number of esters is 1. The van der Waals surface area contributed by atoms with E-state index in [1.165, 1.54) is 18.4 Å². The van der Waals surface area contributed by atoms with E-state index in [1.54, 1.807) is 13.1 Å². The largest absolute Gasteiger partial charge is 0.465 e. The molecule has 1 N–H and O–H groups in total. The second kappa shape index (κ2) is 7.11. The van der Waals surface area contributed by atoms with Gasteiger partial charge in [-0.05, 0) is 43.7 Å². The topological polar surface area (TPSA) is 107 Å². The van der Waals surface area contributed by atoms with Crippen LogP contribution >= 0.6 is 0 Å². The molecule has 2 aromatic heterocycles. The van der Waals surface area contributed by atoms with Crippen LogP contribution in [0.3, 0.4) is 0 Å². The van der Waals surface area contributed by atoms with Gasteiger partial charge in [0.2, 0.25) is 0 Å². The fourth-order valence-electron chi connectivity index (χ4n) is 2.76. The highest BCUT2D eigenvalue weighted by Gasteiger charge is 2.27. The van der Waals surface area contributed by atoms with Gasteiger partial charge in [-0.3, -0.25) is 9.35 Å². The van der Waals surface area contributed by atoms with Gasteiger partial charge in [-0.2, -0.15) is 8.42 Å². The Kier molecular flexibility index (Phi) is 5.07. The van der Waals surface area contributed by atoms with E-state index >= 15 is 0 Å². The van der Waals surface area contributed by atoms with Crippen molar-refractivity contribution in [1.82, 2.24) is 9.38 Å². The Labute approximate surface area is 145 Å². The smallest absolute Gasteiger partial charge is 0.397 e. The van der Waals surface area contributed by atoms with Gasteiger partial charge in [0.1, 0.15) is 11.6 Å². The van der Waals surface area contributed by atoms with E-state index in [9.17, 15) is 13.2 Å². The van der Waals surface area contributed by atoms with Gasteiger partial charge in [0, 0.05) is 12.4 Å². The molecule has 3 rings (SSSR count). The molecule has 0 amide bonds. The molecule has 0 saturated heterocycles. The lowest BCUT2D eigenvalue weighted by atomic mass is 10.0. The van der Waals surface area contributed by atoms with E-state index < -0.39 is 22.3 Å². The van der Waals surface area contributed by atoms with Crippen LogP contribution in [0.25, 0.3) is 5.65 Å². The number of carbonyl (C=O) groups is 1. The first-order valence-electron chi connectivity index (χ1n) is 8.14. The SMILES string of the molecule is CCOC(=O)C(CCOS(=O)(=O)O)c1cn2cc(C3CC3)ccc2n1. The predicted molar refractivity (Wildman–Crippen MR) is 88.7 cm³/mol. The van der Waals surface area contributed by atoms with Crippen LogP contribution in [-0.2, 0) is 24.1 Å². The molecule has 1 fully saturated rings. The van der Waals surface area contributed by atoms with Crippen molar-refractivity contribution in [3.8, 4) is 0 Å². The Morgan fingerprint density at radius 1 is 1.40 bits per heavy atom. The average molecular weight is 368 g/mol. The Bertz CT molecular complexity index is 872. The van der Waals surface area contributed by atoms with Crippen molar-refractivity contribution in [3.63, 3.8) is 0 Å². The second-order valence-electron chi connectivity index (χ2n) is 6.01. The molecule has 0 aromatic carbocycles. The highest BCUT2D eigenvalue weighted by atomic mass is 32.3. The van der Waals surface area contributed by atoms with Crippen LogP contribution in [0.4, 0.5) is 0 Å². The van der Waals surface area contributed by atoms with Crippen LogP contribution in [0.1, 0.15) is 49.3 Å². The lowest BCUT2D eigenvalue weighted by Crippen LogP contribution is -2.19. The molecule has 2 heterocycles. The van der Waals surface area contributed by atoms with E-state index in [1.807, 2.05) is 22.7 Å². The maximum absolute atomic E-state index is 12.2. The Morgan fingerprint density at radius 3 is 2.80 bits per heavy atom. The molecule has 2 aromatic rings. The molecule has 0 aliphatic heterocycles. The third-order valence-corrected chi connectivity index (χ3v) is 4.57. The van der Waals surface area contributed by atoms with Gasteiger partial charge in [0.25, 0.3) is 0 Å². The first kappa shape index (κ1) is 17.8. The van der Waals surface area contributed by atoms with Crippen molar-refractivity contribution in [2.75, 3.05) is 13.2 Å². The number of pyridine rings is 1. The van der Waals surface area contributed by atoms with Crippen LogP contribution in [0.15, 0.2) is 24.5 Å². The number of ether oxygens (including phenoxy) is 1. The van der Waals surface area contributed by atoms with Gasteiger partial charge in [-0.1, -0.05) is 6.07 Å². The number of fused-ring (bicyclic) bond motifs is 1. The number of hydrogen-bond acceptors (Lipinski definition) is 6. The second-order valence-corrected chi connectivity index (χ2v) is 7.10. The van der Waals surface area contributed by atoms with Gasteiger partial charge in [-0.25, -0.2) is 9.17 Å². The molecular formula is C16H20N2O6S. The van der Waals surface area contributed by atoms with Gasteiger partial charge < -0.3 is 9.14 Å². The van der Waals surface area contributed by atoms with Crippen molar-refractivity contribution >= 4 is 22.0 Å². The van der Waals surface area contributed by atoms with E-state index in [0.29, 0.717) is 17.3 Å². The number of hydrogen-bond donors (Lipinski definition) is 1. The average Bonchev–Trinajstić information content (AvgIpc) is 3.30. The van der Waals surface area contributed by atoms with Crippen LogP contribution in [0.5, 0.6) is 0 Å². The zero-order chi connectivity index (χ0) is 18.0. The van der Waals surface area contributed by atoms with Crippen molar-refractivity contribution < 1.29 is 26.7 Å². The molecule has 1 aliphatic carbocycles. The standard InChI is InChI=1S/C16H20N2O6S/c1-2-23-16(19)13(7-8-24-25(20,21)22)14-10-18-9-12(11-3-4-11)5-6-15(18)17-14/h5-6,9-11,13H,2-4,7-8H2,1H3,(H,20,21,22). The summed E-state index contributed by atoms with van der Waals surface area (Å²) >= 11 is 0. The van der Waals surface area contributed by atoms with E-state index in [4.69, 9.17) is 9.29 Å². The van der Waals surface area contributed by atoms with Crippen LogP contribution in [0.2, 0.25) is 0 Å². The van der Waals surface area contributed by atoms with Gasteiger partial charge in [0.15, 0.2) is 0 Å². The maximum atomic E-state index is 12.2. The highest BCUT2D eigenvalue weighted by molar-refractivity contribution is 7.80. The molecule has 136 valence electrons. The Balaban J connectivity index is 1.83. The summed E-state index contributed by atoms with van der Waals surface area (Å²) in [5, 5.41) is 0.